The van der Waals surface area contributed by atoms with Crippen LogP contribution in [0, 0.1) is 5.92 Å². The number of benzene rings is 2. The molecule has 0 spiro atoms. The molecule has 4 bridgehead atoms. The maximum atomic E-state index is 12.9. The Labute approximate surface area is 194 Å². The molecule has 3 aromatic rings. The normalized spacial score (nSPS) is 16.0. The number of rotatable bonds is 4. The number of ether oxygens (including phenoxy) is 2. The van der Waals surface area contributed by atoms with E-state index in [0.29, 0.717) is 12.5 Å². The van der Waals surface area contributed by atoms with Crippen molar-refractivity contribution in [2.24, 2.45) is 5.92 Å². The number of para-hydroxylation sites is 1. The topological polar surface area (TPSA) is 68.3 Å². The van der Waals surface area contributed by atoms with Crippen LogP contribution in [0.3, 0.4) is 0 Å². The minimum atomic E-state index is -4.82. The smallest absolute Gasteiger partial charge is 0.475 e. The fourth-order valence-electron chi connectivity index (χ4n) is 3.49. The predicted molar refractivity (Wildman–Crippen MR) is 122 cm³/mol. The van der Waals surface area contributed by atoms with Crippen LogP contribution < -0.4 is 19.5 Å². The van der Waals surface area contributed by atoms with Crippen LogP contribution in [0.15, 0.2) is 59.5 Å². The zero-order chi connectivity index (χ0) is 23.4. The van der Waals surface area contributed by atoms with Crippen molar-refractivity contribution in [1.82, 2.24) is 9.97 Å². The first-order valence-corrected chi connectivity index (χ1v) is 11.2. The summed E-state index contributed by atoms with van der Waals surface area (Å²) in [4.78, 5) is 9.74. The van der Waals surface area contributed by atoms with E-state index in [9.17, 15) is 13.2 Å². The van der Waals surface area contributed by atoms with Crippen molar-refractivity contribution in [3.8, 4) is 22.9 Å². The number of anilines is 2. The number of aromatic nitrogens is 2. The van der Waals surface area contributed by atoms with Gasteiger partial charge in [-0.15, -0.1) is 13.2 Å². The van der Waals surface area contributed by atoms with Crippen LogP contribution in [-0.4, -0.2) is 29.0 Å². The summed E-state index contributed by atoms with van der Waals surface area (Å²) in [6, 6.07) is 15.3. The van der Waals surface area contributed by atoms with E-state index in [0.717, 1.165) is 17.0 Å². The molecule has 1 aromatic heterocycles. The second kappa shape index (κ2) is 9.78. The van der Waals surface area contributed by atoms with Gasteiger partial charge in [-0.3, -0.25) is 4.72 Å². The number of hydrogen-bond donors (Lipinski definition) is 2. The number of fused-ring (bicyclic) bond motifs is 4. The first kappa shape index (κ1) is 23.0. The van der Waals surface area contributed by atoms with E-state index in [2.05, 4.69) is 38.6 Å². The highest BCUT2D eigenvalue weighted by molar-refractivity contribution is 8.00. The second-order valence-corrected chi connectivity index (χ2v) is 8.85. The minimum Gasteiger partial charge on any atom is -0.475 e. The van der Waals surface area contributed by atoms with Gasteiger partial charge in [-0.2, -0.15) is 4.98 Å². The second-order valence-electron chi connectivity index (χ2n) is 7.97. The average Bonchev–Trinajstić information content (AvgIpc) is 2.75. The molecule has 1 aliphatic heterocycles. The summed E-state index contributed by atoms with van der Waals surface area (Å²) in [6.07, 6.45) is -3.96. The lowest BCUT2D eigenvalue weighted by Gasteiger charge is -2.23. The Balaban J connectivity index is 1.72. The molecule has 0 amide bonds. The molecule has 33 heavy (non-hydrogen) atoms. The lowest BCUT2D eigenvalue weighted by molar-refractivity contribution is -0.274. The Hall–Kier alpha value is -3.14. The summed E-state index contributed by atoms with van der Waals surface area (Å²) in [5.74, 6) is 0.556. The van der Waals surface area contributed by atoms with Gasteiger partial charge >= 0.3 is 6.36 Å². The summed E-state index contributed by atoms with van der Waals surface area (Å²) in [5.41, 5.74) is 1.41. The maximum absolute atomic E-state index is 12.9. The first-order valence-electron chi connectivity index (χ1n) is 10.4. The van der Waals surface area contributed by atoms with E-state index in [1.54, 1.807) is 6.07 Å². The Bertz CT molecular complexity index is 1110. The average molecular weight is 477 g/mol. The third kappa shape index (κ3) is 6.44. The van der Waals surface area contributed by atoms with Gasteiger partial charge in [-0.05, 0) is 54.6 Å². The summed E-state index contributed by atoms with van der Waals surface area (Å²) >= 11 is 1.30. The van der Waals surface area contributed by atoms with Crippen LogP contribution in [0.1, 0.15) is 20.3 Å². The largest absolute Gasteiger partial charge is 0.573 e. The van der Waals surface area contributed by atoms with E-state index < -0.39 is 6.36 Å². The molecular weight excluding hydrogens is 453 g/mol. The number of hydrogen-bond acceptors (Lipinski definition) is 7. The number of nitrogens with one attached hydrogen (secondary N) is 2. The quantitative estimate of drug-likeness (QED) is 0.424. The van der Waals surface area contributed by atoms with Crippen molar-refractivity contribution < 1.29 is 22.6 Å². The molecule has 4 rings (SSSR count). The van der Waals surface area contributed by atoms with Crippen LogP contribution in [0.5, 0.6) is 11.6 Å². The summed E-state index contributed by atoms with van der Waals surface area (Å²) < 4.78 is 52.0. The fourth-order valence-corrected chi connectivity index (χ4v) is 4.12. The van der Waals surface area contributed by atoms with Crippen molar-refractivity contribution in [3.05, 3.63) is 54.6 Å². The molecule has 0 saturated heterocycles. The number of alkyl halides is 3. The third-order valence-electron chi connectivity index (χ3n) is 4.74. The van der Waals surface area contributed by atoms with Gasteiger partial charge in [0.15, 0.2) is 0 Å². The van der Waals surface area contributed by atoms with Crippen molar-refractivity contribution in [1.29, 1.82) is 0 Å². The van der Waals surface area contributed by atoms with E-state index >= 15 is 0 Å². The van der Waals surface area contributed by atoms with E-state index in [1.807, 2.05) is 24.3 Å². The first-order chi connectivity index (χ1) is 15.7. The molecule has 1 aliphatic rings. The molecule has 0 saturated carbocycles. The zero-order valence-electron chi connectivity index (χ0n) is 18.0. The van der Waals surface area contributed by atoms with E-state index in [1.165, 1.54) is 36.2 Å². The molecule has 174 valence electrons. The Morgan fingerprint density at radius 1 is 1.12 bits per heavy atom. The maximum Gasteiger partial charge on any atom is 0.573 e. The van der Waals surface area contributed by atoms with Gasteiger partial charge in [0.05, 0.1) is 11.7 Å². The molecule has 1 unspecified atom stereocenters. The van der Waals surface area contributed by atoms with Crippen LogP contribution in [0.2, 0.25) is 0 Å². The Morgan fingerprint density at radius 3 is 2.73 bits per heavy atom. The van der Waals surface area contributed by atoms with Gasteiger partial charge in [0.25, 0.3) is 0 Å². The van der Waals surface area contributed by atoms with Gasteiger partial charge in [0, 0.05) is 22.2 Å². The van der Waals surface area contributed by atoms with Gasteiger partial charge < -0.3 is 14.8 Å². The van der Waals surface area contributed by atoms with Gasteiger partial charge in [-0.1, -0.05) is 32.0 Å². The molecule has 6 nitrogen and oxygen atoms in total. The Morgan fingerprint density at radius 2 is 1.94 bits per heavy atom. The summed E-state index contributed by atoms with van der Waals surface area (Å²) in [5, 5.41) is 3.50. The van der Waals surface area contributed by atoms with E-state index in [4.69, 9.17) is 4.74 Å². The zero-order valence-corrected chi connectivity index (χ0v) is 18.8. The molecule has 2 aromatic carbocycles. The van der Waals surface area contributed by atoms with Crippen LogP contribution in [0.4, 0.5) is 24.8 Å². The predicted octanol–water partition coefficient (Wildman–Crippen LogP) is 6.38. The van der Waals surface area contributed by atoms with Crippen molar-refractivity contribution in [2.75, 3.05) is 16.6 Å². The highest BCUT2D eigenvalue weighted by Gasteiger charge is 2.32. The van der Waals surface area contributed by atoms with Crippen molar-refractivity contribution in [2.45, 2.75) is 37.6 Å². The molecule has 2 N–H and O–H groups in total. The molecule has 1 atom stereocenters. The Kier molecular flexibility index (Phi) is 6.83. The molecule has 2 heterocycles. The molecule has 10 heteroatoms. The molecule has 0 radical (unpaired) electrons. The summed E-state index contributed by atoms with van der Waals surface area (Å²) in [6.45, 7) is 4.59. The van der Waals surface area contributed by atoms with Crippen molar-refractivity contribution >= 4 is 23.6 Å². The fraction of sp³-hybridized carbons (Fsp3) is 0.304. The SMILES string of the molecule is CC(C)CC1COc2cc(-c3ccccc3OC(F)(F)F)nc(n2)NSc2cccc(c2)N1. The van der Waals surface area contributed by atoms with Crippen LogP contribution >= 0.6 is 11.9 Å². The minimum absolute atomic E-state index is 0.0142. The monoisotopic (exact) mass is 476 g/mol. The molecule has 0 fully saturated rings. The van der Waals surface area contributed by atoms with Gasteiger partial charge in [0.1, 0.15) is 12.4 Å². The standard InChI is InChI=1S/C23H23F3N4O2S/c1-14(2)10-16-13-31-21-12-19(18-8-3-4-9-20(18)32-23(24,25)26)28-22(29-21)30-33-17-7-5-6-15(11-17)27-16/h3-9,11-12,14,16,27H,10,13H2,1-2H3,(H,28,29,30). The van der Waals surface area contributed by atoms with Crippen molar-refractivity contribution in [3.63, 3.8) is 0 Å². The highest BCUT2D eigenvalue weighted by Crippen LogP contribution is 2.35. The third-order valence-corrected chi connectivity index (χ3v) is 5.52. The summed E-state index contributed by atoms with van der Waals surface area (Å²) in [7, 11) is 0. The lowest BCUT2D eigenvalue weighted by atomic mass is 10.0. The van der Waals surface area contributed by atoms with Crippen LogP contribution in [-0.2, 0) is 0 Å². The number of halogens is 3. The van der Waals surface area contributed by atoms with Gasteiger partial charge in [-0.25, -0.2) is 4.98 Å². The number of nitrogens with zero attached hydrogens (tertiary/aromatic N) is 2. The molecular formula is C23H23F3N4O2S. The van der Waals surface area contributed by atoms with E-state index in [-0.39, 0.29) is 34.9 Å². The highest BCUT2D eigenvalue weighted by atomic mass is 32.2. The molecule has 0 aliphatic carbocycles. The lowest BCUT2D eigenvalue weighted by Crippen LogP contribution is -2.29. The van der Waals surface area contributed by atoms with Gasteiger partial charge in [0.2, 0.25) is 11.8 Å². The van der Waals surface area contributed by atoms with Crippen LogP contribution in [0.25, 0.3) is 11.3 Å².